The summed E-state index contributed by atoms with van der Waals surface area (Å²) in [6.45, 7) is 8.10. The second kappa shape index (κ2) is 5.36. The van der Waals surface area contributed by atoms with Crippen molar-refractivity contribution < 1.29 is 9.31 Å². The third-order valence-electron chi connectivity index (χ3n) is 4.85. The first-order valence-corrected chi connectivity index (χ1v) is 7.83. The van der Waals surface area contributed by atoms with Crippen molar-refractivity contribution in [2.24, 2.45) is 7.05 Å². The minimum absolute atomic E-state index is 0.0517. The molecule has 0 unspecified atom stereocenters. The number of aromatic nitrogens is 1. The molecule has 1 aliphatic rings. The van der Waals surface area contributed by atoms with Gasteiger partial charge >= 0.3 is 7.12 Å². The standard InChI is InChI=1S/C18H22BNO3/c1-17(2)18(3,4)23-19(22-17)15-12-20(5)16(21)11-14(15)13-9-7-6-8-10-13/h6-12H,1-5H3. The minimum atomic E-state index is -0.498. The van der Waals surface area contributed by atoms with Gasteiger partial charge in [0.05, 0.1) is 11.2 Å². The Bertz CT molecular complexity index is 765. The van der Waals surface area contributed by atoms with Gasteiger partial charge in [-0.05, 0) is 38.8 Å². The van der Waals surface area contributed by atoms with E-state index >= 15 is 0 Å². The molecule has 2 aromatic rings. The maximum atomic E-state index is 12.1. The number of aryl methyl sites for hydroxylation is 1. The highest BCUT2D eigenvalue weighted by molar-refractivity contribution is 6.63. The molecule has 4 nitrogen and oxygen atoms in total. The normalized spacial score (nSPS) is 19.1. The lowest BCUT2D eigenvalue weighted by Crippen LogP contribution is -2.41. The monoisotopic (exact) mass is 311 g/mol. The summed E-state index contributed by atoms with van der Waals surface area (Å²) in [6, 6.07) is 11.5. The van der Waals surface area contributed by atoms with Crippen LogP contribution < -0.4 is 11.0 Å². The molecular formula is C18H22BNO3. The number of benzene rings is 1. The third-order valence-corrected chi connectivity index (χ3v) is 4.85. The maximum absolute atomic E-state index is 12.1. The zero-order chi connectivity index (χ0) is 16.8. The molecule has 3 rings (SSSR count). The van der Waals surface area contributed by atoms with Crippen molar-refractivity contribution in [1.82, 2.24) is 4.57 Å². The van der Waals surface area contributed by atoms with E-state index in [-0.39, 0.29) is 5.56 Å². The van der Waals surface area contributed by atoms with E-state index in [4.69, 9.17) is 9.31 Å². The van der Waals surface area contributed by atoms with E-state index in [0.29, 0.717) is 0 Å². The fraction of sp³-hybridized carbons (Fsp3) is 0.389. The smallest absolute Gasteiger partial charge is 0.399 e. The van der Waals surface area contributed by atoms with Crippen LogP contribution in [-0.2, 0) is 16.4 Å². The summed E-state index contributed by atoms with van der Waals surface area (Å²) in [5.41, 5.74) is 1.82. The Labute approximate surface area is 137 Å². The summed E-state index contributed by atoms with van der Waals surface area (Å²) in [5, 5.41) is 0. The van der Waals surface area contributed by atoms with E-state index in [2.05, 4.69) is 0 Å². The van der Waals surface area contributed by atoms with E-state index < -0.39 is 18.3 Å². The molecule has 23 heavy (non-hydrogen) atoms. The van der Waals surface area contributed by atoms with E-state index in [1.54, 1.807) is 17.7 Å². The van der Waals surface area contributed by atoms with Crippen LogP contribution in [0.15, 0.2) is 47.4 Å². The van der Waals surface area contributed by atoms with Gasteiger partial charge in [-0.1, -0.05) is 30.3 Å². The first-order chi connectivity index (χ1) is 10.7. The van der Waals surface area contributed by atoms with Gasteiger partial charge in [0.1, 0.15) is 0 Å². The van der Waals surface area contributed by atoms with E-state index in [0.717, 1.165) is 16.6 Å². The van der Waals surface area contributed by atoms with Crippen molar-refractivity contribution >= 4 is 12.6 Å². The Morgan fingerprint density at radius 1 is 1.00 bits per heavy atom. The van der Waals surface area contributed by atoms with Gasteiger partial charge < -0.3 is 13.9 Å². The van der Waals surface area contributed by atoms with E-state index in [1.165, 1.54) is 0 Å². The van der Waals surface area contributed by atoms with Gasteiger partial charge in [0.25, 0.3) is 5.56 Å². The van der Waals surface area contributed by atoms with Gasteiger partial charge in [-0.3, -0.25) is 4.79 Å². The number of rotatable bonds is 2. The van der Waals surface area contributed by atoms with Crippen molar-refractivity contribution in [3.8, 4) is 11.1 Å². The topological polar surface area (TPSA) is 40.5 Å². The molecule has 5 heteroatoms. The molecule has 120 valence electrons. The second-order valence-electron chi connectivity index (χ2n) is 7.05. The van der Waals surface area contributed by atoms with Gasteiger partial charge in [-0.15, -0.1) is 0 Å². The van der Waals surface area contributed by atoms with E-state index in [1.807, 2.05) is 64.2 Å². The number of nitrogens with zero attached hydrogens (tertiary/aromatic N) is 1. The Balaban J connectivity index is 2.13. The van der Waals surface area contributed by atoms with Crippen molar-refractivity contribution in [3.05, 3.63) is 52.9 Å². The molecule has 1 fully saturated rings. The highest BCUT2D eigenvalue weighted by Gasteiger charge is 2.52. The second-order valence-corrected chi connectivity index (χ2v) is 7.05. The van der Waals surface area contributed by atoms with Gasteiger partial charge in [0.2, 0.25) is 0 Å². The Kier molecular flexibility index (Phi) is 3.73. The van der Waals surface area contributed by atoms with Crippen LogP contribution >= 0.6 is 0 Å². The molecule has 1 aromatic heterocycles. The SMILES string of the molecule is Cn1cc(B2OC(C)(C)C(C)(C)O2)c(-c2ccccc2)cc1=O. The predicted octanol–water partition coefficient (Wildman–Crippen LogP) is 2.35. The Hall–Kier alpha value is -1.85. The molecule has 0 radical (unpaired) electrons. The first-order valence-electron chi connectivity index (χ1n) is 7.83. The first kappa shape index (κ1) is 16.0. The lowest BCUT2D eigenvalue weighted by molar-refractivity contribution is 0.00578. The lowest BCUT2D eigenvalue weighted by Gasteiger charge is -2.32. The number of hydrogen-bond acceptors (Lipinski definition) is 3. The summed E-state index contributed by atoms with van der Waals surface area (Å²) in [4.78, 5) is 12.1. The van der Waals surface area contributed by atoms with Crippen molar-refractivity contribution in [2.45, 2.75) is 38.9 Å². The highest BCUT2D eigenvalue weighted by Crippen LogP contribution is 2.37. The Morgan fingerprint density at radius 2 is 1.57 bits per heavy atom. The summed E-state index contributed by atoms with van der Waals surface area (Å²) >= 11 is 0. The van der Waals surface area contributed by atoms with Crippen LogP contribution in [0, 0.1) is 0 Å². The van der Waals surface area contributed by atoms with Crippen LogP contribution in [0.5, 0.6) is 0 Å². The van der Waals surface area contributed by atoms with E-state index in [9.17, 15) is 4.79 Å². The zero-order valence-corrected chi connectivity index (χ0v) is 14.3. The molecule has 0 atom stereocenters. The van der Waals surface area contributed by atoms with Crippen molar-refractivity contribution in [2.75, 3.05) is 0 Å². The molecule has 1 aliphatic heterocycles. The summed E-state index contributed by atoms with van der Waals surface area (Å²) in [7, 11) is 1.24. The molecule has 0 amide bonds. The summed E-state index contributed by atoms with van der Waals surface area (Å²) in [6.07, 6.45) is 1.81. The molecule has 0 spiro atoms. The molecule has 1 saturated heterocycles. The van der Waals surface area contributed by atoms with Gasteiger partial charge in [0, 0.05) is 24.8 Å². The number of hydrogen-bond donors (Lipinski definition) is 0. The third kappa shape index (κ3) is 2.75. The average molecular weight is 311 g/mol. The molecule has 0 aliphatic carbocycles. The Morgan fingerprint density at radius 3 is 2.13 bits per heavy atom. The van der Waals surface area contributed by atoms with Crippen LogP contribution in [0.4, 0.5) is 0 Å². The van der Waals surface area contributed by atoms with Gasteiger partial charge in [-0.2, -0.15) is 0 Å². The minimum Gasteiger partial charge on any atom is -0.399 e. The summed E-state index contributed by atoms with van der Waals surface area (Å²) < 4.78 is 13.9. The van der Waals surface area contributed by atoms with Crippen LogP contribution in [0.3, 0.4) is 0 Å². The zero-order valence-electron chi connectivity index (χ0n) is 14.3. The van der Waals surface area contributed by atoms with Crippen molar-refractivity contribution in [1.29, 1.82) is 0 Å². The molecule has 0 N–H and O–H groups in total. The molecule has 0 bridgehead atoms. The van der Waals surface area contributed by atoms with Crippen LogP contribution in [0.1, 0.15) is 27.7 Å². The fourth-order valence-electron chi connectivity index (χ4n) is 2.68. The molecule has 0 saturated carbocycles. The van der Waals surface area contributed by atoms with Crippen LogP contribution in [-0.4, -0.2) is 22.9 Å². The predicted molar refractivity (Wildman–Crippen MR) is 92.8 cm³/mol. The van der Waals surface area contributed by atoms with Crippen LogP contribution in [0.25, 0.3) is 11.1 Å². The largest absolute Gasteiger partial charge is 0.496 e. The van der Waals surface area contributed by atoms with Crippen molar-refractivity contribution in [3.63, 3.8) is 0 Å². The quantitative estimate of drug-likeness (QED) is 0.800. The highest BCUT2D eigenvalue weighted by atomic mass is 16.7. The van der Waals surface area contributed by atoms with Crippen LogP contribution in [0.2, 0.25) is 0 Å². The fourth-order valence-corrected chi connectivity index (χ4v) is 2.68. The lowest BCUT2D eigenvalue weighted by atomic mass is 9.75. The summed E-state index contributed by atoms with van der Waals surface area (Å²) in [5.74, 6) is 0. The molecule has 1 aromatic carbocycles. The maximum Gasteiger partial charge on any atom is 0.496 e. The van der Waals surface area contributed by atoms with Gasteiger partial charge in [0.15, 0.2) is 0 Å². The molecular weight excluding hydrogens is 289 g/mol. The van der Waals surface area contributed by atoms with Gasteiger partial charge in [-0.25, -0.2) is 0 Å². The molecule has 2 heterocycles. The average Bonchev–Trinajstić information content (AvgIpc) is 2.70. The number of pyridine rings is 1.